The number of hydrogen-bond acceptors (Lipinski definition) is 1. The maximum atomic E-state index is 11.7. The van der Waals surface area contributed by atoms with Gasteiger partial charge in [-0.3, -0.25) is 0 Å². The highest BCUT2D eigenvalue weighted by Gasteiger charge is 2.58. The van der Waals surface area contributed by atoms with Crippen molar-refractivity contribution in [2.45, 2.75) is 65.1 Å². The lowest BCUT2D eigenvalue weighted by Crippen LogP contribution is -2.57. The van der Waals surface area contributed by atoms with Gasteiger partial charge < -0.3 is 4.79 Å². The van der Waals surface area contributed by atoms with Crippen LogP contribution in [-0.2, 0) is 4.79 Å². The molecule has 0 N–H and O–H groups in total. The minimum atomic E-state index is 0.169. The molecule has 0 aliphatic heterocycles. The lowest BCUT2D eigenvalue weighted by atomic mass is 9.44. The first-order valence-corrected chi connectivity index (χ1v) is 8.17. The first kappa shape index (κ1) is 14.6. The quantitative estimate of drug-likeness (QED) is 0.500. The molecule has 2 aliphatic carbocycles. The maximum absolute atomic E-state index is 11.7. The third-order valence-electron chi connectivity index (χ3n) is 6.20. The third kappa shape index (κ3) is 1.90. The van der Waals surface area contributed by atoms with Crippen molar-refractivity contribution in [2.75, 3.05) is 0 Å². The minimum absolute atomic E-state index is 0.169. The van der Waals surface area contributed by atoms with Gasteiger partial charge in [-0.05, 0) is 47.8 Å². The van der Waals surface area contributed by atoms with Crippen LogP contribution in [0.5, 0.6) is 0 Å². The molecule has 0 spiro atoms. The molecule has 0 amide bonds. The molecule has 0 aromatic heterocycles. The molecule has 2 fully saturated rings. The summed E-state index contributed by atoms with van der Waals surface area (Å²) in [5.41, 5.74) is 0.657. The lowest BCUT2D eigenvalue weighted by Gasteiger charge is -2.61. The van der Waals surface area contributed by atoms with Gasteiger partial charge in [0, 0.05) is 10.7 Å². The summed E-state index contributed by atoms with van der Waals surface area (Å²) in [6.07, 6.45) is 6.09. The topological polar surface area (TPSA) is 17.1 Å². The van der Waals surface area contributed by atoms with E-state index in [2.05, 4.69) is 50.5 Å². The molecule has 2 rings (SSSR count). The highest BCUT2D eigenvalue weighted by atomic mass is 79.9. The Morgan fingerprint density at radius 3 is 2.22 bits per heavy atom. The van der Waals surface area contributed by atoms with Crippen LogP contribution in [0.25, 0.3) is 0 Å². The summed E-state index contributed by atoms with van der Waals surface area (Å²) < 4.78 is 0. The monoisotopic (exact) mass is 314 g/mol. The van der Waals surface area contributed by atoms with Crippen molar-refractivity contribution in [1.82, 2.24) is 0 Å². The van der Waals surface area contributed by atoms with Crippen LogP contribution >= 0.6 is 15.9 Å². The van der Waals surface area contributed by atoms with E-state index < -0.39 is 0 Å². The Hall–Kier alpha value is 0.150. The summed E-state index contributed by atoms with van der Waals surface area (Å²) in [4.78, 5) is 12.3. The van der Waals surface area contributed by atoms with Crippen LogP contribution < -0.4 is 0 Å². The first-order chi connectivity index (χ1) is 8.16. The molecule has 18 heavy (non-hydrogen) atoms. The number of aldehydes is 1. The summed E-state index contributed by atoms with van der Waals surface area (Å²) in [7, 11) is 0. The van der Waals surface area contributed by atoms with Crippen LogP contribution in [-0.4, -0.2) is 11.1 Å². The average molecular weight is 315 g/mol. The van der Waals surface area contributed by atoms with Crippen molar-refractivity contribution in [3.05, 3.63) is 0 Å². The number of fused-ring (bicyclic) bond motifs is 1. The normalized spacial score (nSPS) is 46.2. The highest BCUT2D eigenvalue weighted by molar-refractivity contribution is 9.09. The fourth-order valence-corrected chi connectivity index (χ4v) is 5.58. The first-order valence-electron chi connectivity index (χ1n) is 7.25. The molecule has 0 saturated heterocycles. The molecule has 2 saturated carbocycles. The predicted octanol–water partition coefficient (Wildman–Crippen LogP) is 4.83. The van der Waals surface area contributed by atoms with Gasteiger partial charge in [0.15, 0.2) is 0 Å². The van der Waals surface area contributed by atoms with Gasteiger partial charge in [-0.2, -0.15) is 0 Å². The van der Waals surface area contributed by atoms with Crippen molar-refractivity contribution in [2.24, 2.45) is 28.1 Å². The Balaban J connectivity index is 2.42. The van der Waals surface area contributed by atoms with E-state index in [1.54, 1.807) is 0 Å². The van der Waals surface area contributed by atoms with Crippen LogP contribution in [0.1, 0.15) is 60.3 Å². The molecular formula is C16H27BrO. The van der Waals surface area contributed by atoms with Gasteiger partial charge >= 0.3 is 0 Å². The molecule has 0 aromatic rings. The van der Waals surface area contributed by atoms with Gasteiger partial charge in [0.2, 0.25) is 0 Å². The molecule has 0 unspecified atom stereocenters. The third-order valence-corrected chi connectivity index (χ3v) is 7.84. The van der Waals surface area contributed by atoms with Gasteiger partial charge in [0.25, 0.3) is 0 Å². The number of alkyl halides is 1. The van der Waals surface area contributed by atoms with E-state index in [0.29, 0.717) is 16.2 Å². The van der Waals surface area contributed by atoms with Crippen molar-refractivity contribution < 1.29 is 4.79 Å². The Morgan fingerprint density at radius 2 is 1.67 bits per heavy atom. The van der Waals surface area contributed by atoms with E-state index in [-0.39, 0.29) is 16.7 Å². The Kier molecular flexibility index (Phi) is 3.50. The molecular weight excluding hydrogens is 288 g/mol. The number of rotatable bonds is 1. The van der Waals surface area contributed by atoms with Gasteiger partial charge in [0.05, 0.1) is 0 Å². The molecule has 0 aromatic carbocycles. The smallest absolute Gasteiger partial charge is 0.124 e. The van der Waals surface area contributed by atoms with Crippen LogP contribution in [0.15, 0.2) is 0 Å². The molecule has 2 aliphatic rings. The summed E-state index contributed by atoms with van der Waals surface area (Å²) in [6, 6.07) is 0. The molecule has 0 heterocycles. The zero-order valence-electron chi connectivity index (χ0n) is 12.4. The Bertz CT molecular complexity index is 347. The second kappa shape index (κ2) is 4.33. The SMILES string of the molecule is CC1(C)CC[C@@H]2C(C)(C)[C@@H](Br)CC[C@]2(C)[C@@H]1C=O. The largest absolute Gasteiger partial charge is 0.303 e. The lowest BCUT2D eigenvalue weighted by molar-refractivity contribution is -0.143. The average Bonchev–Trinajstić information content (AvgIpc) is 2.23. The van der Waals surface area contributed by atoms with E-state index in [0.717, 1.165) is 0 Å². The predicted molar refractivity (Wildman–Crippen MR) is 79.9 cm³/mol. The van der Waals surface area contributed by atoms with Crippen LogP contribution in [0.4, 0.5) is 0 Å². The fraction of sp³-hybridized carbons (Fsp3) is 0.938. The van der Waals surface area contributed by atoms with Gasteiger partial charge in [0.1, 0.15) is 6.29 Å². The zero-order valence-corrected chi connectivity index (χ0v) is 14.0. The Labute approximate surface area is 120 Å². The van der Waals surface area contributed by atoms with Crippen molar-refractivity contribution >= 4 is 22.2 Å². The van der Waals surface area contributed by atoms with Crippen LogP contribution in [0, 0.1) is 28.1 Å². The Morgan fingerprint density at radius 1 is 1.06 bits per heavy atom. The van der Waals surface area contributed by atoms with Crippen LogP contribution in [0.2, 0.25) is 0 Å². The van der Waals surface area contributed by atoms with Crippen molar-refractivity contribution in [1.29, 1.82) is 0 Å². The zero-order chi connectivity index (χ0) is 13.8. The molecule has 1 nitrogen and oxygen atoms in total. The van der Waals surface area contributed by atoms with Crippen molar-refractivity contribution in [3.8, 4) is 0 Å². The highest BCUT2D eigenvalue weighted by Crippen LogP contribution is 2.64. The molecule has 2 heteroatoms. The molecule has 0 radical (unpaired) electrons. The van der Waals surface area contributed by atoms with E-state index in [4.69, 9.17) is 0 Å². The summed E-state index contributed by atoms with van der Waals surface area (Å²) >= 11 is 3.88. The van der Waals surface area contributed by atoms with E-state index in [1.165, 1.54) is 32.0 Å². The van der Waals surface area contributed by atoms with Crippen LogP contribution in [0.3, 0.4) is 0 Å². The summed E-state index contributed by atoms with van der Waals surface area (Å²) in [5.74, 6) is 0.870. The van der Waals surface area contributed by atoms with E-state index in [9.17, 15) is 4.79 Å². The number of carbonyl (C=O) groups excluding carboxylic acids is 1. The number of carbonyl (C=O) groups is 1. The molecule has 0 bridgehead atoms. The number of halogens is 1. The molecule has 4 atom stereocenters. The second-order valence-electron chi connectivity index (χ2n) is 8.03. The van der Waals surface area contributed by atoms with Gasteiger partial charge in [-0.15, -0.1) is 0 Å². The van der Waals surface area contributed by atoms with E-state index in [1.807, 2.05) is 0 Å². The standard InChI is InChI=1S/C16H27BrO/c1-14(2)8-6-11-15(3,4)13(17)7-9-16(11,5)12(14)10-18/h10-13H,6-9H2,1-5H3/t11-,12-,13+,16+/m1/s1. The summed E-state index contributed by atoms with van der Waals surface area (Å²) in [5, 5.41) is 0. The summed E-state index contributed by atoms with van der Waals surface area (Å²) in [6.45, 7) is 11.7. The van der Waals surface area contributed by atoms with Gasteiger partial charge in [-0.25, -0.2) is 0 Å². The maximum Gasteiger partial charge on any atom is 0.124 e. The van der Waals surface area contributed by atoms with E-state index >= 15 is 0 Å². The van der Waals surface area contributed by atoms with Gasteiger partial charge in [-0.1, -0.05) is 50.5 Å². The number of hydrogen-bond donors (Lipinski definition) is 0. The molecule has 104 valence electrons. The van der Waals surface area contributed by atoms with Crippen molar-refractivity contribution in [3.63, 3.8) is 0 Å². The minimum Gasteiger partial charge on any atom is -0.303 e. The fourth-order valence-electron chi connectivity index (χ4n) is 5.03. The second-order valence-corrected chi connectivity index (χ2v) is 9.13.